The minimum Gasteiger partial charge on any atom is -0.439 e. The van der Waals surface area contributed by atoms with Gasteiger partial charge in [0.25, 0.3) is 10.0 Å². The molecular formula is C22H19N5O4S. The monoisotopic (exact) mass is 449 g/mol. The molecule has 162 valence electrons. The van der Waals surface area contributed by atoms with E-state index in [0.717, 1.165) is 5.82 Å². The molecule has 9 nitrogen and oxygen atoms in total. The fourth-order valence-electron chi connectivity index (χ4n) is 2.93. The molecule has 2 heterocycles. The van der Waals surface area contributed by atoms with E-state index in [-0.39, 0.29) is 10.7 Å². The van der Waals surface area contributed by atoms with Gasteiger partial charge in [-0.25, -0.2) is 23.4 Å². The third-order valence-corrected chi connectivity index (χ3v) is 6.00. The van der Waals surface area contributed by atoms with Crippen LogP contribution in [0.15, 0.2) is 78.2 Å². The van der Waals surface area contributed by atoms with Crippen LogP contribution in [0.3, 0.4) is 0 Å². The van der Waals surface area contributed by atoms with Gasteiger partial charge in [-0.3, -0.25) is 14.1 Å². The van der Waals surface area contributed by atoms with Crippen molar-refractivity contribution in [2.75, 3.05) is 4.72 Å². The lowest BCUT2D eigenvalue weighted by Gasteiger charge is -2.10. The first-order valence-corrected chi connectivity index (χ1v) is 11.0. The summed E-state index contributed by atoms with van der Waals surface area (Å²) >= 11 is 0. The molecule has 0 fully saturated rings. The highest BCUT2D eigenvalue weighted by Crippen LogP contribution is 2.24. The summed E-state index contributed by atoms with van der Waals surface area (Å²) in [7, 11) is -3.79. The average molecular weight is 449 g/mol. The molecule has 0 atom stereocenters. The highest BCUT2D eigenvalue weighted by atomic mass is 32.2. The minimum atomic E-state index is -3.79. The Morgan fingerprint density at radius 1 is 1.00 bits per heavy atom. The maximum absolute atomic E-state index is 12.6. The molecule has 0 radical (unpaired) electrons. The first-order chi connectivity index (χ1) is 15.3. The van der Waals surface area contributed by atoms with Crippen molar-refractivity contribution in [2.24, 2.45) is 0 Å². The number of rotatable bonds is 7. The third-order valence-electron chi connectivity index (χ3n) is 4.60. The molecule has 0 aliphatic carbocycles. The van der Waals surface area contributed by atoms with Crippen molar-refractivity contribution >= 4 is 21.5 Å². The van der Waals surface area contributed by atoms with Crippen molar-refractivity contribution in [3.8, 4) is 17.4 Å². The number of ketones is 1. The summed E-state index contributed by atoms with van der Waals surface area (Å²) in [6.07, 6.45) is 4.86. The highest BCUT2D eigenvalue weighted by molar-refractivity contribution is 7.92. The van der Waals surface area contributed by atoms with Crippen molar-refractivity contribution in [1.29, 1.82) is 0 Å². The van der Waals surface area contributed by atoms with Gasteiger partial charge in [-0.2, -0.15) is 0 Å². The Morgan fingerprint density at radius 2 is 1.72 bits per heavy atom. The number of aromatic nitrogens is 4. The van der Waals surface area contributed by atoms with Crippen LogP contribution in [0.2, 0.25) is 0 Å². The number of Topliss-reactive ketones (excluding diaryl/α,β-unsaturated/α-hetero) is 1. The maximum Gasteiger partial charge on any atom is 0.261 e. The molecular weight excluding hydrogens is 430 g/mol. The predicted octanol–water partition coefficient (Wildman–Crippen LogP) is 3.77. The number of nitrogens with one attached hydrogen (secondary N) is 1. The van der Waals surface area contributed by atoms with Crippen LogP contribution in [0.4, 0.5) is 5.69 Å². The Bertz CT molecular complexity index is 1360. The fourth-order valence-corrected chi connectivity index (χ4v) is 3.99. The summed E-state index contributed by atoms with van der Waals surface area (Å²) in [5, 5.41) is 0. The van der Waals surface area contributed by atoms with Gasteiger partial charge in [0, 0.05) is 29.7 Å². The van der Waals surface area contributed by atoms with Gasteiger partial charge in [0.05, 0.1) is 4.90 Å². The van der Waals surface area contributed by atoms with E-state index >= 15 is 0 Å². The molecule has 4 rings (SSSR count). The first-order valence-electron chi connectivity index (χ1n) is 9.56. The van der Waals surface area contributed by atoms with E-state index in [0.29, 0.717) is 28.7 Å². The van der Waals surface area contributed by atoms with Crippen molar-refractivity contribution in [1.82, 2.24) is 19.5 Å². The Balaban J connectivity index is 1.46. The van der Waals surface area contributed by atoms with E-state index in [2.05, 4.69) is 19.7 Å². The molecule has 1 N–H and O–H groups in total. The normalized spacial score (nSPS) is 11.2. The standard InChI is InChI=1S/C22H19N5O4S/c1-15(28)17-3-9-20(10-4-17)32(29,30)26-18-5-7-19(8-6-18)31-22-13-21(24-14-25-22)27-12-11-23-16(27)2/h3-14,26H,1-2H3. The lowest BCUT2D eigenvalue weighted by atomic mass is 10.2. The number of anilines is 1. The second-order valence-corrected chi connectivity index (χ2v) is 8.55. The Kier molecular flexibility index (Phi) is 5.69. The van der Waals surface area contributed by atoms with E-state index in [1.54, 1.807) is 47.3 Å². The molecule has 2 aromatic heterocycles. The van der Waals surface area contributed by atoms with Crippen molar-refractivity contribution in [2.45, 2.75) is 18.7 Å². The van der Waals surface area contributed by atoms with Crippen LogP contribution in [-0.2, 0) is 10.0 Å². The van der Waals surface area contributed by atoms with Crippen LogP contribution in [-0.4, -0.2) is 33.7 Å². The molecule has 0 bridgehead atoms. The number of hydrogen-bond donors (Lipinski definition) is 1. The number of ether oxygens (including phenoxy) is 1. The summed E-state index contributed by atoms with van der Waals surface area (Å²) in [6, 6.07) is 13.8. The van der Waals surface area contributed by atoms with Gasteiger partial charge in [0.15, 0.2) is 5.78 Å². The molecule has 10 heteroatoms. The predicted molar refractivity (Wildman–Crippen MR) is 118 cm³/mol. The largest absolute Gasteiger partial charge is 0.439 e. The third kappa shape index (κ3) is 4.65. The maximum atomic E-state index is 12.6. The summed E-state index contributed by atoms with van der Waals surface area (Å²) in [6.45, 7) is 3.28. The SMILES string of the molecule is CC(=O)c1ccc(S(=O)(=O)Nc2ccc(Oc3cc(-n4ccnc4C)ncn3)cc2)cc1. The number of nitrogens with zero attached hydrogens (tertiary/aromatic N) is 4. The fraction of sp³-hybridized carbons (Fsp3) is 0.0909. The van der Waals surface area contributed by atoms with Gasteiger partial charge < -0.3 is 4.74 Å². The van der Waals surface area contributed by atoms with Gasteiger partial charge in [-0.1, -0.05) is 12.1 Å². The van der Waals surface area contributed by atoms with Crippen LogP contribution >= 0.6 is 0 Å². The molecule has 0 unspecified atom stereocenters. The van der Waals surface area contributed by atoms with Crippen molar-refractivity contribution < 1.29 is 17.9 Å². The zero-order chi connectivity index (χ0) is 22.7. The van der Waals surface area contributed by atoms with Crippen LogP contribution in [0.1, 0.15) is 23.1 Å². The number of aryl methyl sites for hydroxylation is 1. The lowest BCUT2D eigenvalue weighted by Crippen LogP contribution is -2.13. The lowest BCUT2D eigenvalue weighted by molar-refractivity contribution is 0.101. The van der Waals surface area contributed by atoms with Crippen LogP contribution in [0.25, 0.3) is 5.82 Å². The van der Waals surface area contributed by atoms with Gasteiger partial charge in [-0.05, 0) is 50.2 Å². The van der Waals surface area contributed by atoms with Gasteiger partial charge in [0.2, 0.25) is 5.88 Å². The number of benzene rings is 2. The highest BCUT2D eigenvalue weighted by Gasteiger charge is 2.15. The second-order valence-electron chi connectivity index (χ2n) is 6.87. The Labute approximate surface area is 184 Å². The zero-order valence-corrected chi connectivity index (χ0v) is 18.1. The van der Waals surface area contributed by atoms with E-state index in [1.165, 1.54) is 37.5 Å². The van der Waals surface area contributed by atoms with E-state index in [1.807, 2.05) is 6.92 Å². The Hall–Kier alpha value is -4.05. The van der Waals surface area contributed by atoms with Gasteiger partial charge in [-0.15, -0.1) is 0 Å². The van der Waals surface area contributed by atoms with Crippen molar-refractivity contribution in [3.05, 3.63) is 84.7 Å². The van der Waals surface area contributed by atoms with Gasteiger partial charge in [0.1, 0.15) is 23.7 Å². The number of hydrogen-bond acceptors (Lipinski definition) is 7. The van der Waals surface area contributed by atoms with Crippen LogP contribution in [0.5, 0.6) is 11.6 Å². The second kappa shape index (κ2) is 8.60. The number of sulfonamides is 1. The molecule has 2 aromatic carbocycles. The van der Waals surface area contributed by atoms with Crippen LogP contribution < -0.4 is 9.46 Å². The molecule has 0 saturated heterocycles. The quantitative estimate of drug-likeness (QED) is 0.427. The topological polar surface area (TPSA) is 116 Å². The average Bonchev–Trinajstić information content (AvgIpc) is 3.21. The molecule has 0 aliphatic heterocycles. The first kappa shape index (κ1) is 21.2. The van der Waals surface area contributed by atoms with Gasteiger partial charge >= 0.3 is 0 Å². The molecule has 0 amide bonds. The van der Waals surface area contributed by atoms with Crippen LogP contribution in [0, 0.1) is 6.92 Å². The number of imidazole rings is 1. The van der Waals surface area contributed by atoms with Crippen molar-refractivity contribution in [3.63, 3.8) is 0 Å². The number of carbonyl (C=O) groups excluding carboxylic acids is 1. The van der Waals surface area contributed by atoms with E-state index in [4.69, 9.17) is 4.74 Å². The minimum absolute atomic E-state index is 0.0612. The molecule has 0 spiro atoms. The summed E-state index contributed by atoms with van der Waals surface area (Å²) in [5.74, 6) is 2.08. The summed E-state index contributed by atoms with van der Waals surface area (Å²) in [5.41, 5.74) is 0.812. The molecule has 0 saturated carbocycles. The van der Waals surface area contributed by atoms with E-state index in [9.17, 15) is 13.2 Å². The van der Waals surface area contributed by atoms with E-state index < -0.39 is 10.0 Å². The molecule has 0 aliphatic rings. The summed E-state index contributed by atoms with van der Waals surface area (Å²) < 4.78 is 35.2. The summed E-state index contributed by atoms with van der Waals surface area (Å²) in [4.78, 5) is 23.9. The Morgan fingerprint density at radius 3 is 2.34 bits per heavy atom. The molecule has 32 heavy (non-hydrogen) atoms. The zero-order valence-electron chi connectivity index (χ0n) is 17.3. The number of carbonyl (C=O) groups is 1. The smallest absolute Gasteiger partial charge is 0.261 e. The molecule has 4 aromatic rings.